The van der Waals surface area contributed by atoms with Gasteiger partial charge < -0.3 is 21.1 Å². The molecule has 0 aliphatic heterocycles. The first-order valence-corrected chi connectivity index (χ1v) is 12.0. The van der Waals surface area contributed by atoms with Crippen LogP contribution in [0.4, 0.5) is 17.2 Å². The minimum Gasteiger partial charge on any atom is -0.478 e. The summed E-state index contributed by atoms with van der Waals surface area (Å²) >= 11 is 0. The van der Waals surface area contributed by atoms with E-state index in [0.29, 0.717) is 22.5 Å². The number of hydrogen-bond donors (Lipinski definition) is 4. The van der Waals surface area contributed by atoms with E-state index >= 15 is 0 Å². The van der Waals surface area contributed by atoms with Gasteiger partial charge in [-0.25, -0.2) is 9.78 Å². The number of carboxylic acid groups (broad SMARTS) is 1. The van der Waals surface area contributed by atoms with E-state index in [0.717, 1.165) is 11.1 Å². The third-order valence-electron chi connectivity index (χ3n) is 6.05. The monoisotopic (exact) mass is 522 g/mol. The summed E-state index contributed by atoms with van der Waals surface area (Å²) in [5, 5.41) is 17.5. The van der Waals surface area contributed by atoms with Crippen molar-refractivity contribution in [3.63, 3.8) is 0 Å². The van der Waals surface area contributed by atoms with Gasteiger partial charge in [-0.1, -0.05) is 36.4 Å². The number of carbonyl (C=O) groups excluding carboxylic acids is 3. The number of nitrogens with zero attached hydrogens (tertiary/aromatic N) is 1. The molecule has 0 bridgehead atoms. The molecule has 3 amide bonds. The van der Waals surface area contributed by atoms with Gasteiger partial charge in [-0.05, 0) is 74.4 Å². The van der Waals surface area contributed by atoms with Crippen molar-refractivity contribution in [2.45, 2.75) is 20.8 Å². The number of carbonyl (C=O) groups is 4. The highest BCUT2D eigenvalue weighted by Gasteiger charge is 2.17. The number of rotatable bonds is 7. The predicted molar refractivity (Wildman–Crippen MR) is 149 cm³/mol. The maximum atomic E-state index is 13.2. The fraction of sp³-hybridized carbons (Fsp3) is 0.100. The Morgan fingerprint density at radius 2 is 1.13 bits per heavy atom. The van der Waals surface area contributed by atoms with Crippen molar-refractivity contribution in [2.75, 3.05) is 16.0 Å². The molecule has 9 nitrogen and oxygen atoms in total. The number of aromatic nitrogens is 1. The molecule has 0 radical (unpaired) electrons. The summed E-state index contributed by atoms with van der Waals surface area (Å²) in [5.74, 6) is -2.28. The van der Waals surface area contributed by atoms with E-state index in [1.165, 1.54) is 31.2 Å². The molecule has 3 aromatic carbocycles. The van der Waals surface area contributed by atoms with Gasteiger partial charge in [0, 0.05) is 28.1 Å². The molecule has 0 aliphatic carbocycles. The maximum absolute atomic E-state index is 13.2. The number of carboxylic acids is 1. The number of aromatic carboxylic acids is 1. The fourth-order valence-electron chi connectivity index (χ4n) is 4.00. The van der Waals surface area contributed by atoms with Crippen molar-refractivity contribution in [3.8, 4) is 0 Å². The second-order valence-electron chi connectivity index (χ2n) is 8.93. The lowest BCUT2D eigenvalue weighted by molar-refractivity contribution is 0.0695. The second-order valence-corrected chi connectivity index (χ2v) is 8.93. The lowest BCUT2D eigenvalue weighted by Crippen LogP contribution is -2.18. The Morgan fingerprint density at radius 3 is 1.59 bits per heavy atom. The number of pyridine rings is 1. The number of aryl methyl sites for hydroxylation is 3. The molecule has 0 unspecified atom stereocenters. The molecule has 0 atom stereocenters. The summed E-state index contributed by atoms with van der Waals surface area (Å²) in [6, 6.07) is 21.4. The summed E-state index contributed by atoms with van der Waals surface area (Å²) in [6.07, 6.45) is 0. The van der Waals surface area contributed by atoms with Gasteiger partial charge in [-0.3, -0.25) is 14.4 Å². The van der Waals surface area contributed by atoms with Crippen molar-refractivity contribution in [1.29, 1.82) is 0 Å². The van der Waals surface area contributed by atoms with Crippen molar-refractivity contribution in [1.82, 2.24) is 4.98 Å². The molecular weight excluding hydrogens is 496 g/mol. The van der Waals surface area contributed by atoms with Crippen molar-refractivity contribution in [3.05, 3.63) is 118 Å². The zero-order valence-corrected chi connectivity index (χ0v) is 21.5. The van der Waals surface area contributed by atoms with Crippen molar-refractivity contribution >= 4 is 40.9 Å². The highest BCUT2D eigenvalue weighted by Crippen LogP contribution is 2.23. The van der Waals surface area contributed by atoms with Gasteiger partial charge in [0.05, 0.1) is 11.3 Å². The van der Waals surface area contributed by atoms with Crippen LogP contribution in [0.5, 0.6) is 0 Å². The number of hydrogen-bond acceptors (Lipinski definition) is 5. The van der Waals surface area contributed by atoms with E-state index in [9.17, 15) is 24.3 Å². The fourth-order valence-corrected chi connectivity index (χ4v) is 4.00. The van der Waals surface area contributed by atoms with Crippen LogP contribution in [0.1, 0.15) is 58.3 Å². The van der Waals surface area contributed by atoms with E-state index in [1.54, 1.807) is 30.3 Å². The quantitative estimate of drug-likeness (QED) is 0.254. The average molecular weight is 523 g/mol. The smallest absolute Gasteiger partial charge is 0.337 e. The number of anilines is 3. The van der Waals surface area contributed by atoms with Crippen LogP contribution in [0, 0.1) is 20.8 Å². The molecule has 196 valence electrons. The van der Waals surface area contributed by atoms with Crippen LogP contribution in [0.3, 0.4) is 0 Å². The second kappa shape index (κ2) is 11.4. The Bertz CT molecular complexity index is 1540. The first-order chi connectivity index (χ1) is 18.6. The Balaban J connectivity index is 1.66. The Kier molecular flexibility index (Phi) is 7.81. The highest BCUT2D eigenvalue weighted by atomic mass is 16.4. The van der Waals surface area contributed by atoms with Gasteiger partial charge in [-0.15, -0.1) is 0 Å². The van der Waals surface area contributed by atoms with Crippen LogP contribution >= 0.6 is 0 Å². The van der Waals surface area contributed by atoms with E-state index in [2.05, 4.69) is 20.9 Å². The molecule has 4 rings (SSSR count). The number of amides is 3. The molecule has 1 heterocycles. The summed E-state index contributed by atoms with van der Waals surface area (Å²) in [5.41, 5.74) is 3.49. The molecule has 0 aliphatic rings. The lowest BCUT2D eigenvalue weighted by atomic mass is 10.1. The zero-order chi connectivity index (χ0) is 28.1. The van der Waals surface area contributed by atoms with Gasteiger partial charge in [-0.2, -0.15) is 0 Å². The molecule has 0 saturated carbocycles. The molecule has 4 N–H and O–H groups in total. The van der Waals surface area contributed by atoms with E-state index in [-0.39, 0.29) is 34.5 Å². The summed E-state index contributed by atoms with van der Waals surface area (Å²) < 4.78 is 0. The van der Waals surface area contributed by atoms with Crippen LogP contribution in [-0.4, -0.2) is 33.8 Å². The Hall–Kier alpha value is -5.31. The maximum Gasteiger partial charge on any atom is 0.337 e. The summed E-state index contributed by atoms with van der Waals surface area (Å²) in [6.45, 7) is 5.16. The number of benzene rings is 3. The molecule has 9 heteroatoms. The van der Waals surface area contributed by atoms with Crippen LogP contribution in [0.2, 0.25) is 0 Å². The lowest BCUT2D eigenvalue weighted by Gasteiger charge is -2.14. The average Bonchev–Trinajstić information content (AvgIpc) is 2.88. The molecular formula is C30H26N4O5. The minimum atomic E-state index is -1.12. The molecule has 0 fully saturated rings. The first kappa shape index (κ1) is 26.7. The molecule has 4 aromatic rings. The van der Waals surface area contributed by atoms with Gasteiger partial charge in [0.2, 0.25) is 0 Å². The largest absolute Gasteiger partial charge is 0.478 e. The zero-order valence-electron chi connectivity index (χ0n) is 21.5. The minimum absolute atomic E-state index is 0.0233. The van der Waals surface area contributed by atoms with Gasteiger partial charge in [0.15, 0.2) is 0 Å². The first-order valence-electron chi connectivity index (χ1n) is 12.0. The summed E-state index contributed by atoms with van der Waals surface area (Å²) in [7, 11) is 0. The van der Waals surface area contributed by atoms with Crippen LogP contribution in [0.15, 0.2) is 78.9 Å². The van der Waals surface area contributed by atoms with Gasteiger partial charge in [0.25, 0.3) is 17.7 Å². The normalized spacial score (nSPS) is 10.4. The molecule has 0 saturated heterocycles. The molecule has 0 spiro atoms. The van der Waals surface area contributed by atoms with E-state index < -0.39 is 11.9 Å². The van der Waals surface area contributed by atoms with E-state index in [1.807, 2.05) is 38.1 Å². The predicted octanol–water partition coefficient (Wildman–Crippen LogP) is 5.46. The number of nitrogens with one attached hydrogen (secondary N) is 3. The van der Waals surface area contributed by atoms with Crippen molar-refractivity contribution in [2.24, 2.45) is 0 Å². The Morgan fingerprint density at radius 1 is 0.615 bits per heavy atom. The summed E-state index contributed by atoms with van der Waals surface area (Å²) in [4.78, 5) is 54.6. The van der Waals surface area contributed by atoms with E-state index in [4.69, 9.17) is 0 Å². The van der Waals surface area contributed by atoms with Crippen LogP contribution in [0.25, 0.3) is 0 Å². The molecule has 39 heavy (non-hydrogen) atoms. The standard InChI is InChI=1S/C30H26N4O5/c1-17-8-4-6-10-23(17)28(36)32-21-14-20(27(35)34-26-13-12-25(30(38)39)19(3)31-26)15-22(16-21)33-29(37)24-11-7-5-9-18(24)2/h4-16H,1-3H3,(H,32,36)(H,33,37)(H,38,39)(H,31,34,35). The third kappa shape index (κ3) is 6.34. The SMILES string of the molecule is Cc1ccccc1C(=O)Nc1cc(NC(=O)c2ccccc2C)cc(C(=O)Nc2ccc(C(=O)O)c(C)n2)c1. The topological polar surface area (TPSA) is 137 Å². The Labute approximate surface area is 224 Å². The third-order valence-corrected chi connectivity index (χ3v) is 6.05. The van der Waals surface area contributed by atoms with Crippen LogP contribution < -0.4 is 16.0 Å². The molecule has 1 aromatic heterocycles. The van der Waals surface area contributed by atoms with Gasteiger partial charge in [0.1, 0.15) is 5.82 Å². The highest BCUT2D eigenvalue weighted by molar-refractivity contribution is 6.10. The van der Waals surface area contributed by atoms with Gasteiger partial charge >= 0.3 is 5.97 Å². The van der Waals surface area contributed by atoms with Crippen LogP contribution in [-0.2, 0) is 0 Å². The van der Waals surface area contributed by atoms with Crippen molar-refractivity contribution < 1.29 is 24.3 Å².